The van der Waals surface area contributed by atoms with Gasteiger partial charge in [-0.25, -0.2) is 4.68 Å². The van der Waals surface area contributed by atoms with Crippen molar-refractivity contribution >= 4 is 16.9 Å². The number of carbonyl (C=O) groups excluding carboxylic acids is 1. The molecule has 1 aromatic carbocycles. The summed E-state index contributed by atoms with van der Waals surface area (Å²) in [6.07, 6.45) is 4.09. The number of rotatable bonds is 4. The van der Waals surface area contributed by atoms with Crippen LogP contribution in [0.4, 0.5) is 0 Å². The zero-order valence-corrected chi connectivity index (χ0v) is 16.0. The molecular formula is C21H22N4O4. The second-order valence-electron chi connectivity index (χ2n) is 7.69. The standard InChI is InChI=1S/C21H22N4O4/c26-20(10-16-14-6-2-4-8-19(14)29-24-16)22-17-11-28-12-18(17)25-21(27)9-13-5-1-3-7-15(13)23-25/h2,4,6,8-9,17-18H,1,3,5,7,10-12H2,(H,22,26). The van der Waals surface area contributed by atoms with Crippen molar-refractivity contribution in [3.05, 3.63) is 57.6 Å². The molecule has 1 aliphatic carbocycles. The van der Waals surface area contributed by atoms with Crippen LogP contribution in [0.2, 0.25) is 0 Å². The predicted octanol–water partition coefficient (Wildman–Crippen LogP) is 1.56. The molecule has 8 heteroatoms. The van der Waals surface area contributed by atoms with E-state index in [9.17, 15) is 9.59 Å². The van der Waals surface area contributed by atoms with E-state index in [1.54, 1.807) is 6.07 Å². The topological polar surface area (TPSA) is 99.2 Å². The van der Waals surface area contributed by atoms with E-state index in [0.717, 1.165) is 42.3 Å². The highest BCUT2D eigenvalue weighted by molar-refractivity contribution is 5.86. The Morgan fingerprint density at radius 1 is 1.21 bits per heavy atom. The fourth-order valence-electron chi connectivity index (χ4n) is 4.21. The van der Waals surface area contributed by atoms with Crippen molar-refractivity contribution < 1.29 is 14.1 Å². The SMILES string of the molecule is O=C(Cc1noc2ccccc12)NC1COCC1n1nc2c(cc1=O)CCCC2. The number of para-hydroxylation sites is 1. The van der Waals surface area contributed by atoms with Crippen LogP contribution in [-0.2, 0) is 28.8 Å². The molecule has 5 rings (SSSR count). The maximum absolute atomic E-state index is 12.6. The van der Waals surface area contributed by atoms with E-state index in [0.29, 0.717) is 24.5 Å². The monoisotopic (exact) mass is 394 g/mol. The lowest BCUT2D eigenvalue weighted by atomic mass is 9.97. The van der Waals surface area contributed by atoms with Crippen molar-refractivity contribution in [2.75, 3.05) is 13.2 Å². The predicted molar refractivity (Wildman–Crippen MR) is 105 cm³/mol. The average molecular weight is 394 g/mol. The second-order valence-corrected chi connectivity index (χ2v) is 7.69. The zero-order valence-electron chi connectivity index (χ0n) is 16.0. The minimum absolute atomic E-state index is 0.104. The summed E-state index contributed by atoms with van der Waals surface area (Å²) in [5.41, 5.74) is 3.15. The Kier molecular flexibility index (Phi) is 4.63. The molecule has 1 N–H and O–H groups in total. The van der Waals surface area contributed by atoms with Gasteiger partial charge in [0, 0.05) is 11.5 Å². The maximum Gasteiger partial charge on any atom is 0.267 e. The van der Waals surface area contributed by atoms with E-state index >= 15 is 0 Å². The largest absolute Gasteiger partial charge is 0.377 e. The van der Waals surface area contributed by atoms with Crippen LogP contribution < -0.4 is 10.9 Å². The lowest BCUT2D eigenvalue weighted by Crippen LogP contribution is -2.45. The molecule has 2 atom stereocenters. The van der Waals surface area contributed by atoms with E-state index in [1.165, 1.54) is 4.68 Å². The van der Waals surface area contributed by atoms with Crippen LogP contribution in [0.5, 0.6) is 0 Å². The smallest absolute Gasteiger partial charge is 0.267 e. The first-order valence-electron chi connectivity index (χ1n) is 10.0. The highest BCUT2D eigenvalue weighted by atomic mass is 16.5. The van der Waals surface area contributed by atoms with Gasteiger partial charge in [0.1, 0.15) is 11.7 Å². The average Bonchev–Trinajstić information content (AvgIpc) is 3.35. The van der Waals surface area contributed by atoms with Crippen molar-refractivity contribution in [1.29, 1.82) is 0 Å². The lowest BCUT2D eigenvalue weighted by molar-refractivity contribution is -0.121. The Labute approximate surface area is 166 Å². The number of fused-ring (bicyclic) bond motifs is 2. The van der Waals surface area contributed by atoms with Gasteiger partial charge in [-0.3, -0.25) is 9.59 Å². The molecule has 0 bridgehead atoms. The Hall–Kier alpha value is -3.00. The molecule has 2 unspecified atom stereocenters. The first-order valence-corrected chi connectivity index (χ1v) is 10.0. The number of hydrogen-bond acceptors (Lipinski definition) is 6. The molecule has 3 heterocycles. The van der Waals surface area contributed by atoms with Crippen LogP contribution in [-0.4, -0.2) is 40.1 Å². The number of aryl methyl sites for hydroxylation is 2. The van der Waals surface area contributed by atoms with Crippen LogP contribution in [0.1, 0.15) is 35.8 Å². The number of ether oxygens (including phenoxy) is 1. The molecular weight excluding hydrogens is 372 g/mol. The van der Waals surface area contributed by atoms with Gasteiger partial charge < -0.3 is 14.6 Å². The molecule has 3 aromatic rings. The fourth-order valence-corrected chi connectivity index (χ4v) is 4.21. The van der Waals surface area contributed by atoms with E-state index in [2.05, 4.69) is 15.6 Å². The molecule has 29 heavy (non-hydrogen) atoms. The van der Waals surface area contributed by atoms with Crippen LogP contribution in [0.25, 0.3) is 11.0 Å². The van der Waals surface area contributed by atoms with Gasteiger partial charge in [-0.05, 0) is 43.4 Å². The summed E-state index contributed by atoms with van der Waals surface area (Å²) in [6, 6.07) is 8.52. The minimum atomic E-state index is -0.312. The van der Waals surface area contributed by atoms with Crippen LogP contribution in [0.3, 0.4) is 0 Å². The third kappa shape index (κ3) is 3.44. The van der Waals surface area contributed by atoms with Crippen molar-refractivity contribution in [2.45, 2.75) is 44.2 Å². The number of benzene rings is 1. The van der Waals surface area contributed by atoms with Crippen LogP contribution in [0, 0.1) is 0 Å². The van der Waals surface area contributed by atoms with Crippen molar-refractivity contribution in [3.63, 3.8) is 0 Å². The quantitative estimate of drug-likeness (QED) is 0.721. The number of aromatic nitrogens is 3. The summed E-state index contributed by atoms with van der Waals surface area (Å²) in [5.74, 6) is -0.185. The Morgan fingerprint density at radius 2 is 2.07 bits per heavy atom. The molecule has 1 saturated heterocycles. The summed E-state index contributed by atoms with van der Waals surface area (Å²) in [4.78, 5) is 25.3. The number of amides is 1. The summed E-state index contributed by atoms with van der Waals surface area (Å²) in [6.45, 7) is 0.699. The van der Waals surface area contributed by atoms with E-state index in [-0.39, 0.29) is 30.0 Å². The van der Waals surface area contributed by atoms with Gasteiger partial charge in [-0.15, -0.1) is 0 Å². The van der Waals surface area contributed by atoms with Gasteiger partial charge >= 0.3 is 0 Å². The number of carbonyl (C=O) groups is 1. The molecule has 1 fully saturated rings. The molecule has 8 nitrogen and oxygen atoms in total. The molecule has 1 amide bonds. The fraction of sp³-hybridized carbons (Fsp3) is 0.429. The van der Waals surface area contributed by atoms with Gasteiger partial charge in [0.25, 0.3) is 5.56 Å². The van der Waals surface area contributed by atoms with Gasteiger partial charge in [0.2, 0.25) is 5.91 Å². The molecule has 1 aliphatic heterocycles. The lowest BCUT2D eigenvalue weighted by Gasteiger charge is -2.22. The van der Waals surface area contributed by atoms with Crippen molar-refractivity contribution in [1.82, 2.24) is 20.3 Å². The van der Waals surface area contributed by atoms with Crippen LogP contribution in [0.15, 0.2) is 39.6 Å². The van der Waals surface area contributed by atoms with Gasteiger partial charge in [0.05, 0.1) is 31.4 Å². The van der Waals surface area contributed by atoms with E-state index in [1.807, 2.05) is 24.3 Å². The molecule has 150 valence electrons. The van der Waals surface area contributed by atoms with Crippen LogP contribution >= 0.6 is 0 Å². The molecule has 2 aromatic heterocycles. The third-order valence-electron chi connectivity index (χ3n) is 5.72. The van der Waals surface area contributed by atoms with Crippen molar-refractivity contribution in [3.8, 4) is 0 Å². The molecule has 0 radical (unpaired) electrons. The maximum atomic E-state index is 12.6. The van der Waals surface area contributed by atoms with Gasteiger partial charge in [-0.1, -0.05) is 17.3 Å². The van der Waals surface area contributed by atoms with Gasteiger partial charge in [0.15, 0.2) is 5.58 Å². The zero-order chi connectivity index (χ0) is 19.8. The molecule has 0 saturated carbocycles. The number of nitrogens with one attached hydrogen (secondary N) is 1. The first-order chi connectivity index (χ1) is 14.2. The number of hydrogen-bond donors (Lipinski definition) is 1. The molecule has 0 spiro atoms. The minimum Gasteiger partial charge on any atom is -0.377 e. The molecule has 2 aliphatic rings. The van der Waals surface area contributed by atoms with E-state index in [4.69, 9.17) is 9.26 Å². The Bertz CT molecular complexity index is 1120. The highest BCUT2D eigenvalue weighted by Gasteiger charge is 2.33. The van der Waals surface area contributed by atoms with E-state index < -0.39 is 0 Å². The summed E-state index contributed by atoms with van der Waals surface area (Å²) < 4.78 is 12.3. The third-order valence-corrected chi connectivity index (χ3v) is 5.72. The number of nitrogens with zero attached hydrogens (tertiary/aromatic N) is 3. The summed E-state index contributed by atoms with van der Waals surface area (Å²) in [7, 11) is 0. The second kappa shape index (κ2) is 7.44. The normalized spacial score (nSPS) is 21.2. The Morgan fingerprint density at radius 3 is 3.00 bits per heavy atom. The van der Waals surface area contributed by atoms with Crippen molar-refractivity contribution in [2.24, 2.45) is 0 Å². The first kappa shape index (κ1) is 18.1. The highest BCUT2D eigenvalue weighted by Crippen LogP contribution is 2.22. The van der Waals surface area contributed by atoms with Gasteiger partial charge in [-0.2, -0.15) is 5.10 Å². The Balaban J connectivity index is 1.33. The summed E-state index contributed by atoms with van der Waals surface area (Å²) >= 11 is 0. The summed E-state index contributed by atoms with van der Waals surface area (Å²) in [5, 5.41) is 12.4.